The van der Waals surface area contributed by atoms with Gasteiger partial charge in [-0.1, -0.05) is 43.2 Å². The third kappa shape index (κ3) is 4.81. The van der Waals surface area contributed by atoms with E-state index in [-0.39, 0.29) is 12.0 Å². The average molecular weight is 387 g/mol. The van der Waals surface area contributed by atoms with Crippen LogP contribution in [0.1, 0.15) is 38.7 Å². The van der Waals surface area contributed by atoms with Crippen LogP contribution in [0.4, 0.5) is 13.2 Å². The summed E-state index contributed by atoms with van der Waals surface area (Å²) in [6.07, 6.45) is -1.25. The summed E-state index contributed by atoms with van der Waals surface area (Å²) >= 11 is 6.02. The molecular weight excluding hydrogens is 361 g/mol. The van der Waals surface area contributed by atoms with Gasteiger partial charge in [0.2, 0.25) is 0 Å². The van der Waals surface area contributed by atoms with Crippen LogP contribution in [0, 0.1) is 5.41 Å². The van der Waals surface area contributed by atoms with Crippen molar-refractivity contribution in [3.63, 3.8) is 0 Å². The molecule has 1 N–H and O–H groups in total. The molecule has 144 valence electrons. The lowest BCUT2D eigenvalue weighted by Gasteiger charge is -2.38. The van der Waals surface area contributed by atoms with Gasteiger partial charge in [0.1, 0.15) is 6.04 Å². The van der Waals surface area contributed by atoms with Gasteiger partial charge >= 0.3 is 6.18 Å². The van der Waals surface area contributed by atoms with Crippen LogP contribution in [-0.2, 0) is 0 Å². The Morgan fingerprint density at radius 1 is 1.23 bits per heavy atom. The van der Waals surface area contributed by atoms with Gasteiger partial charge in [-0.05, 0) is 47.9 Å². The maximum absolute atomic E-state index is 13.1. The molecule has 1 aromatic rings. The smallest absolute Gasteiger partial charge is 0.304 e. The number of nitrogens with one attached hydrogen (secondary N) is 1. The zero-order valence-corrected chi connectivity index (χ0v) is 16.1. The Morgan fingerprint density at radius 2 is 1.92 bits per heavy atom. The van der Waals surface area contributed by atoms with Gasteiger partial charge in [0.05, 0.1) is 0 Å². The fraction of sp³-hybridized carbons (Fsp3) is 0.600. The number of alkyl halides is 3. The molecule has 0 radical (unpaired) electrons. The molecule has 1 saturated heterocycles. The topological polar surface area (TPSA) is 15.3 Å². The monoisotopic (exact) mass is 386 g/mol. The first-order chi connectivity index (χ1) is 12.1. The number of allylic oxidation sites excluding steroid dienone is 1. The fourth-order valence-corrected chi connectivity index (χ4v) is 4.03. The largest absolute Gasteiger partial charge is 0.405 e. The lowest BCUT2D eigenvalue weighted by atomic mass is 9.72. The Morgan fingerprint density at radius 3 is 2.58 bits per heavy atom. The molecule has 1 aliphatic carbocycles. The first-order valence-corrected chi connectivity index (χ1v) is 9.51. The van der Waals surface area contributed by atoms with Gasteiger partial charge in [0.15, 0.2) is 0 Å². The van der Waals surface area contributed by atoms with Crippen molar-refractivity contribution >= 4 is 17.2 Å². The van der Waals surface area contributed by atoms with E-state index in [4.69, 9.17) is 11.6 Å². The average Bonchev–Trinajstić information content (AvgIpc) is 2.57. The summed E-state index contributed by atoms with van der Waals surface area (Å²) < 4.78 is 39.2. The fourth-order valence-electron chi connectivity index (χ4n) is 3.91. The lowest BCUT2D eigenvalue weighted by molar-refractivity contribution is -0.164. The normalized spacial score (nSPS) is 24.8. The molecule has 2 aliphatic rings. The highest BCUT2D eigenvalue weighted by Crippen LogP contribution is 2.43. The van der Waals surface area contributed by atoms with Crippen LogP contribution >= 0.6 is 11.6 Å². The molecule has 0 spiro atoms. The van der Waals surface area contributed by atoms with Crippen LogP contribution < -0.4 is 5.32 Å². The van der Waals surface area contributed by atoms with Crippen molar-refractivity contribution in [1.82, 2.24) is 10.2 Å². The van der Waals surface area contributed by atoms with Gasteiger partial charge in [0.25, 0.3) is 0 Å². The maximum atomic E-state index is 13.1. The van der Waals surface area contributed by atoms with Crippen LogP contribution in [0.5, 0.6) is 0 Å². The van der Waals surface area contributed by atoms with Crippen molar-refractivity contribution in [1.29, 1.82) is 0 Å². The van der Waals surface area contributed by atoms with Gasteiger partial charge in [-0.2, -0.15) is 13.2 Å². The number of halogens is 4. The molecule has 26 heavy (non-hydrogen) atoms. The maximum Gasteiger partial charge on any atom is 0.405 e. The molecule has 1 aromatic carbocycles. The summed E-state index contributed by atoms with van der Waals surface area (Å²) in [7, 11) is 0. The summed E-state index contributed by atoms with van der Waals surface area (Å²) in [6, 6.07) is 6.38. The Balaban J connectivity index is 1.83. The van der Waals surface area contributed by atoms with Crippen molar-refractivity contribution in [2.24, 2.45) is 5.41 Å². The second-order valence-corrected chi connectivity index (χ2v) is 8.65. The Hall–Kier alpha value is -1.04. The van der Waals surface area contributed by atoms with E-state index in [1.54, 1.807) is 0 Å². The number of hydrogen-bond donors (Lipinski definition) is 1. The standard InChI is InChI=1S/C20H26ClF3N2/c1-19(2)8-7-15(17(11-19)14-3-5-16(21)6-4-14)12-26-10-9-25-18(13-26)20(22,23)24/h3-6,18,25H,7-13H2,1-2H3. The zero-order valence-electron chi connectivity index (χ0n) is 15.3. The molecule has 2 nitrogen and oxygen atoms in total. The zero-order chi connectivity index (χ0) is 18.9. The van der Waals surface area contributed by atoms with E-state index in [9.17, 15) is 13.2 Å². The van der Waals surface area contributed by atoms with Crippen molar-refractivity contribution < 1.29 is 13.2 Å². The summed E-state index contributed by atoms with van der Waals surface area (Å²) in [6.45, 7) is 6.16. The van der Waals surface area contributed by atoms with Crippen LogP contribution in [0.15, 0.2) is 29.8 Å². The van der Waals surface area contributed by atoms with Crippen LogP contribution in [0.3, 0.4) is 0 Å². The van der Waals surface area contributed by atoms with Gasteiger partial charge in [-0.3, -0.25) is 4.90 Å². The second kappa shape index (κ2) is 7.53. The van der Waals surface area contributed by atoms with E-state index < -0.39 is 12.2 Å². The molecule has 0 bridgehead atoms. The van der Waals surface area contributed by atoms with Gasteiger partial charge < -0.3 is 5.32 Å². The Bertz CT molecular complexity index is 665. The first kappa shape index (κ1) is 19.7. The number of piperazine rings is 1. The molecule has 0 saturated carbocycles. The summed E-state index contributed by atoms with van der Waals surface area (Å²) in [4.78, 5) is 1.94. The van der Waals surface area contributed by atoms with E-state index in [1.165, 1.54) is 11.1 Å². The van der Waals surface area contributed by atoms with E-state index >= 15 is 0 Å². The number of nitrogens with zero attached hydrogens (tertiary/aromatic N) is 1. The van der Waals surface area contributed by atoms with Crippen molar-refractivity contribution in [2.45, 2.75) is 45.3 Å². The van der Waals surface area contributed by atoms with Crippen LogP contribution in [0.25, 0.3) is 5.57 Å². The van der Waals surface area contributed by atoms with Crippen LogP contribution in [0.2, 0.25) is 5.02 Å². The summed E-state index contributed by atoms with van der Waals surface area (Å²) in [5.74, 6) is 0. The molecule has 0 amide bonds. The van der Waals surface area contributed by atoms with Gasteiger partial charge in [-0.25, -0.2) is 0 Å². The molecule has 1 heterocycles. The SMILES string of the molecule is CC1(C)CCC(CN2CCNC(C(F)(F)F)C2)=C(c2ccc(Cl)cc2)C1. The van der Waals surface area contributed by atoms with Crippen molar-refractivity contribution in [2.75, 3.05) is 26.2 Å². The highest BCUT2D eigenvalue weighted by atomic mass is 35.5. The molecule has 1 unspecified atom stereocenters. The molecule has 6 heteroatoms. The second-order valence-electron chi connectivity index (χ2n) is 8.21. The molecule has 1 fully saturated rings. The van der Waals surface area contributed by atoms with Crippen molar-refractivity contribution in [3.8, 4) is 0 Å². The number of benzene rings is 1. The quantitative estimate of drug-likeness (QED) is 0.773. The molecule has 1 aliphatic heterocycles. The minimum atomic E-state index is -4.19. The number of hydrogen-bond acceptors (Lipinski definition) is 2. The van der Waals surface area contributed by atoms with Crippen molar-refractivity contribution in [3.05, 3.63) is 40.4 Å². The molecule has 3 rings (SSSR count). The predicted molar refractivity (Wildman–Crippen MR) is 100 cm³/mol. The third-order valence-corrected chi connectivity index (χ3v) is 5.70. The summed E-state index contributed by atoms with van der Waals surface area (Å²) in [5.41, 5.74) is 3.89. The lowest BCUT2D eigenvalue weighted by Crippen LogP contribution is -2.57. The minimum Gasteiger partial charge on any atom is -0.304 e. The van der Waals surface area contributed by atoms with Gasteiger partial charge in [0, 0.05) is 31.2 Å². The Kier molecular flexibility index (Phi) is 5.71. The molecule has 0 aromatic heterocycles. The predicted octanol–water partition coefficient (Wildman–Crippen LogP) is 5.14. The van der Waals surface area contributed by atoms with Gasteiger partial charge in [-0.15, -0.1) is 0 Å². The summed E-state index contributed by atoms with van der Waals surface area (Å²) in [5, 5.41) is 3.29. The Labute approximate surface area is 158 Å². The third-order valence-electron chi connectivity index (χ3n) is 5.45. The van der Waals surface area contributed by atoms with E-state index in [0.29, 0.717) is 24.7 Å². The highest BCUT2D eigenvalue weighted by molar-refractivity contribution is 6.30. The molecule has 1 atom stereocenters. The van der Waals surface area contributed by atoms with E-state index in [1.807, 2.05) is 29.2 Å². The van der Waals surface area contributed by atoms with Crippen LogP contribution in [-0.4, -0.2) is 43.3 Å². The first-order valence-electron chi connectivity index (χ1n) is 9.13. The number of rotatable bonds is 3. The van der Waals surface area contributed by atoms with E-state index in [2.05, 4.69) is 19.2 Å². The minimum absolute atomic E-state index is 0.0181. The molecular formula is C20H26ClF3N2. The van der Waals surface area contributed by atoms with E-state index in [0.717, 1.165) is 24.8 Å². The highest BCUT2D eigenvalue weighted by Gasteiger charge is 2.42.